The van der Waals surface area contributed by atoms with Crippen molar-refractivity contribution in [3.63, 3.8) is 0 Å². The van der Waals surface area contributed by atoms with E-state index in [1.807, 2.05) is 0 Å². The molecule has 1 atom stereocenters. The summed E-state index contributed by atoms with van der Waals surface area (Å²) in [7, 11) is 0. The number of aromatic nitrogens is 2. The highest BCUT2D eigenvalue weighted by atomic mass is 19.4. The van der Waals surface area contributed by atoms with Crippen LogP contribution >= 0.6 is 0 Å². The predicted octanol–water partition coefficient (Wildman–Crippen LogP) is 4.08. The minimum absolute atomic E-state index is 0.0249. The standard InChI is InChI=1S/C28H21F4N5O4/c29-23-7-4-17(10-19(23)12-33)14-36-16-34-13-20(36)15-35-8-9-37(25(39)26(35)41-27(40)28(30,31)32)24-3-1-2-18-5-6-21(38)11-22(18)24/h1-7,10-11,13,16,26,38H,8-9,14-15H2. The van der Waals surface area contributed by atoms with Crippen LogP contribution in [-0.4, -0.2) is 56.9 Å². The zero-order chi connectivity index (χ0) is 29.3. The molecule has 210 valence electrons. The number of piperazine rings is 1. The van der Waals surface area contributed by atoms with E-state index in [2.05, 4.69) is 4.98 Å². The summed E-state index contributed by atoms with van der Waals surface area (Å²) in [6.07, 6.45) is -4.35. The molecule has 0 aliphatic carbocycles. The Morgan fingerprint density at radius 2 is 1.93 bits per heavy atom. The van der Waals surface area contributed by atoms with Crippen molar-refractivity contribution in [2.24, 2.45) is 0 Å². The zero-order valence-corrected chi connectivity index (χ0v) is 21.2. The van der Waals surface area contributed by atoms with Crippen molar-refractivity contribution in [1.82, 2.24) is 14.5 Å². The Bertz CT molecular complexity index is 1680. The summed E-state index contributed by atoms with van der Waals surface area (Å²) in [5.41, 5.74) is 1.23. The number of ether oxygens (including phenoxy) is 1. The molecule has 1 fully saturated rings. The van der Waals surface area contributed by atoms with Crippen LogP contribution in [0.1, 0.15) is 16.8 Å². The second-order valence-corrected chi connectivity index (χ2v) is 9.34. The van der Waals surface area contributed by atoms with E-state index in [0.29, 0.717) is 27.7 Å². The van der Waals surface area contributed by atoms with Crippen LogP contribution in [0.25, 0.3) is 10.8 Å². The number of imidazole rings is 1. The Labute approximate surface area is 230 Å². The van der Waals surface area contributed by atoms with Gasteiger partial charge in [0.05, 0.1) is 23.3 Å². The van der Waals surface area contributed by atoms with E-state index < -0.39 is 30.1 Å². The average molecular weight is 567 g/mol. The molecule has 1 N–H and O–H groups in total. The quantitative estimate of drug-likeness (QED) is 0.276. The number of fused-ring (bicyclic) bond motifs is 1. The van der Waals surface area contributed by atoms with E-state index in [9.17, 15) is 32.3 Å². The van der Waals surface area contributed by atoms with Crippen LogP contribution in [-0.2, 0) is 27.4 Å². The van der Waals surface area contributed by atoms with Crippen LogP contribution in [0, 0.1) is 17.1 Å². The summed E-state index contributed by atoms with van der Waals surface area (Å²) in [5.74, 6) is -4.14. The number of aromatic hydroxyl groups is 1. The number of hydrogen-bond donors (Lipinski definition) is 1. The van der Waals surface area contributed by atoms with Crippen LogP contribution in [0.4, 0.5) is 23.2 Å². The lowest BCUT2D eigenvalue weighted by Gasteiger charge is -2.40. The van der Waals surface area contributed by atoms with Crippen molar-refractivity contribution < 1.29 is 37.0 Å². The number of carbonyl (C=O) groups is 2. The van der Waals surface area contributed by atoms with Crippen LogP contribution in [0.2, 0.25) is 0 Å². The number of phenols is 1. The topological polar surface area (TPSA) is 112 Å². The lowest BCUT2D eigenvalue weighted by Crippen LogP contribution is -2.59. The molecule has 1 saturated heterocycles. The summed E-state index contributed by atoms with van der Waals surface area (Å²) < 4.78 is 59.7. The Kier molecular flexibility index (Phi) is 7.34. The van der Waals surface area contributed by atoms with Crippen LogP contribution in [0.3, 0.4) is 0 Å². The first-order valence-corrected chi connectivity index (χ1v) is 12.3. The number of rotatable bonds is 6. The van der Waals surface area contributed by atoms with E-state index in [1.54, 1.807) is 34.9 Å². The van der Waals surface area contributed by atoms with Crippen molar-refractivity contribution in [1.29, 1.82) is 5.26 Å². The first kappa shape index (κ1) is 27.6. The highest BCUT2D eigenvalue weighted by Gasteiger charge is 2.47. The van der Waals surface area contributed by atoms with Crippen molar-refractivity contribution in [3.8, 4) is 11.8 Å². The summed E-state index contributed by atoms with van der Waals surface area (Å²) in [4.78, 5) is 32.1. The monoisotopic (exact) mass is 567 g/mol. The van der Waals surface area contributed by atoms with Gasteiger partial charge in [-0.25, -0.2) is 14.2 Å². The number of esters is 1. The second kappa shape index (κ2) is 10.9. The van der Waals surface area contributed by atoms with Gasteiger partial charge in [0, 0.05) is 37.8 Å². The van der Waals surface area contributed by atoms with Gasteiger partial charge in [-0.2, -0.15) is 18.4 Å². The molecule has 3 aromatic carbocycles. The second-order valence-electron chi connectivity index (χ2n) is 9.34. The third-order valence-electron chi connectivity index (χ3n) is 6.67. The minimum atomic E-state index is -5.33. The van der Waals surface area contributed by atoms with E-state index in [4.69, 9.17) is 10.00 Å². The van der Waals surface area contributed by atoms with E-state index in [-0.39, 0.29) is 37.5 Å². The van der Waals surface area contributed by atoms with E-state index >= 15 is 0 Å². The lowest BCUT2D eigenvalue weighted by atomic mass is 10.1. The van der Waals surface area contributed by atoms with Crippen LogP contribution in [0.15, 0.2) is 67.1 Å². The Morgan fingerprint density at radius 3 is 2.68 bits per heavy atom. The summed E-state index contributed by atoms with van der Waals surface area (Å²) in [6, 6.07) is 15.3. The first-order chi connectivity index (χ1) is 19.5. The molecule has 5 rings (SSSR count). The van der Waals surface area contributed by atoms with Gasteiger partial charge in [-0.15, -0.1) is 0 Å². The molecular weight excluding hydrogens is 546 g/mol. The molecule has 4 aromatic rings. The SMILES string of the molecule is N#Cc1cc(Cn2cncc2CN2CCN(c3cccc4ccc(O)cc34)C(=O)C2OC(=O)C(F)(F)F)ccc1F. The number of halogens is 4. The molecule has 0 saturated carbocycles. The molecular formula is C28H21F4N5O4. The molecule has 2 heterocycles. The predicted molar refractivity (Wildman–Crippen MR) is 137 cm³/mol. The molecule has 1 aliphatic heterocycles. The number of alkyl halides is 3. The maximum Gasteiger partial charge on any atom is 0.490 e. The Morgan fingerprint density at radius 1 is 1.12 bits per heavy atom. The highest BCUT2D eigenvalue weighted by Crippen LogP contribution is 2.32. The Hall–Kier alpha value is -4.96. The largest absolute Gasteiger partial charge is 0.508 e. The normalized spacial score (nSPS) is 16.1. The van der Waals surface area contributed by atoms with Crippen molar-refractivity contribution in [3.05, 3.63) is 89.8 Å². The fraction of sp³-hybridized carbons (Fsp3) is 0.214. The molecule has 1 unspecified atom stereocenters. The van der Waals surface area contributed by atoms with Crippen molar-refractivity contribution in [2.75, 3.05) is 18.0 Å². The number of amides is 1. The molecule has 1 aromatic heterocycles. The lowest BCUT2D eigenvalue weighted by molar-refractivity contribution is -0.214. The average Bonchev–Trinajstić information content (AvgIpc) is 3.37. The number of phenolic OH excluding ortho intramolecular Hbond substituents is 1. The number of hydrogen-bond acceptors (Lipinski definition) is 7. The van der Waals surface area contributed by atoms with Gasteiger partial charge < -0.3 is 19.3 Å². The first-order valence-electron chi connectivity index (χ1n) is 12.3. The molecule has 0 spiro atoms. The number of nitrogens with zero attached hydrogens (tertiary/aromatic N) is 5. The van der Waals surface area contributed by atoms with Gasteiger partial charge in [-0.1, -0.05) is 24.3 Å². The van der Waals surface area contributed by atoms with Crippen molar-refractivity contribution >= 4 is 28.3 Å². The number of carbonyl (C=O) groups excluding carboxylic acids is 2. The maximum atomic E-state index is 13.7. The van der Waals surface area contributed by atoms with Crippen LogP contribution < -0.4 is 4.90 Å². The summed E-state index contributed by atoms with van der Waals surface area (Å²) >= 11 is 0. The molecule has 1 amide bonds. The maximum absolute atomic E-state index is 13.7. The molecule has 0 radical (unpaired) electrons. The molecule has 1 aliphatic rings. The molecule has 0 bridgehead atoms. The van der Waals surface area contributed by atoms with Crippen molar-refractivity contribution in [2.45, 2.75) is 25.5 Å². The number of anilines is 1. The number of benzene rings is 3. The molecule has 41 heavy (non-hydrogen) atoms. The fourth-order valence-electron chi connectivity index (χ4n) is 4.70. The Balaban J connectivity index is 1.44. The van der Waals surface area contributed by atoms with E-state index in [0.717, 1.165) is 6.07 Å². The van der Waals surface area contributed by atoms with E-state index in [1.165, 1.54) is 46.6 Å². The third-order valence-corrected chi connectivity index (χ3v) is 6.67. The zero-order valence-electron chi connectivity index (χ0n) is 21.2. The van der Waals surface area contributed by atoms with Gasteiger partial charge in [0.15, 0.2) is 0 Å². The van der Waals surface area contributed by atoms with Crippen LogP contribution in [0.5, 0.6) is 5.75 Å². The smallest absolute Gasteiger partial charge is 0.490 e. The van der Waals surface area contributed by atoms with Gasteiger partial charge >= 0.3 is 12.1 Å². The third kappa shape index (κ3) is 5.68. The molecule has 9 nitrogen and oxygen atoms in total. The van der Waals surface area contributed by atoms with Gasteiger partial charge in [0.25, 0.3) is 5.91 Å². The fourth-order valence-corrected chi connectivity index (χ4v) is 4.70. The molecule has 13 heteroatoms. The van der Waals surface area contributed by atoms with Gasteiger partial charge in [-0.05, 0) is 41.3 Å². The number of nitriles is 1. The van der Waals surface area contributed by atoms with Gasteiger partial charge in [0.2, 0.25) is 6.23 Å². The summed E-state index contributed by atoms with van der Waals surface area (Å²) in [5, 5.41) is 20.3. The minimum Gasteiger partial charge on any atom is -0.508 e. The highest BCUT2D eigenvalue weighted by molar-refractivity contribution is 6.06. The van der Waals surface area contributed by atoms with Gasteiger partial charge in [-0.3, -0.25) is 9.69 Å². The summed E-state index contributed by atoms with van der Waals surface area (Å²) in [6.45, 7) is 0.116. The van der Waals surface area contributed by atoms with Gasteiger partial charge in [0.1, 0.15) is 17.6 Å².